The van der Waals surface area contributed by atoms with Gasteiger partial charge in [0, 0.05) is 33.0 Å². The summed E-state index contributed by atoms with van der Waals surface area (Å²) in [6.45, 7) is 17.1. The summed E-state index contributed by atoms with van der Waals surface area (Å²) in [5.41, 5.74) is 13.7. The first kappa shape index (κ1) is 30.2. The van der Waals surface area contributed by atoms with Crippen LogP contribution in [0.25, 0.3) is 10.8 Å². The molecule has 0 radical (unpaired) electrons. The van der Waals surface area contributed by atoms with E-state index in [0.29, 0.717) is 0 Å². The largest absolute Gasteiger partial charge is 0.358 e. The van der Waals surface area contributed by atoms with E-state index in [0.717, 1.165) is 22.8 Å². The minimum atomic E-state index is 0. The average Bonchev–Trinajstić information content (AvgIpc) is 3.08. The van der Waals surface area contributed by atoms with E-state index in [1.54, 1.807) is 0 Å². The molecule has 0 aromatic heterocycles. The molecule has 0 fully saturated rings. The zero-order chi connectivity index (χ0) is 25.3. The van der Waals surface area contributed by atoms with E-state index in [4.69, 9.17) is 9.98 Å². The fourth-order valence-corrected chi connectivity index (χ4v) is 5.14. The van der Waals surface area contributed by atoms with Crippen molar-refractivity contribution < 1.29 is 16.5 Å². The Balaban J connectivity index is 0.000000919. The number of nitrogens with zero attached hydrogens (tertiary/aromatic N) is 2. The molecular weight excluding hydrogens is 495 g/mol. The number of rotatable bonds is 2. The van der Waals surface area contributed by atoms with Crippen LogP contribution in [0.5, 0.6) is 0 Å². The van der Waals surface area contributed by atoms with Crippen molar-refractivity contribution in [3.8, 4) is 0 Å². The van der Waals surface area contributed by atoms with Crippen LogP contribution in [0.2, 0.25) is 0 Å². The fraction of sp³-hybridized carbons (Fsp3) is 0.265. The average molecular weight is 534 g/mol. The maximum absolute atomic E-state index is 5.28. The molecule has 0 saturated carbocycles. The van der Waals surface area contributed by atoms with Crippen LogP contribution in [-0.2, 0) is 16.5 Å². The molecule has 0 bridgehead atoms. The molecule has 1 aliphatic carbocycles. The molecule has 1 aliphatic rings. The van der Waals surface area contributed by atoms with Crippen molar-refractivity contribution in [2.75, 3.05) is 0 Å². The Kier molecular flexibility index (Phi) is 10.2. The van der Waals surface area contributed by atoms with Crippen LogP contribution < -0.4 is 0 Å². The van der Waals surface area contributed by atoms with Gasteiger partial charge in [-0.1, -0.05) is 92.1 Å². The first-order valence-electron chi connectivity index (χ1n) is 12.6. The zero-order valence-corrected chi connectivity index (χ0v) is 24.7. The van der Waals surface area contributed by atoms with Crippen LogP contribution in [-0.4, -0.2) is 11.4 Å². The Morgan fingerprint density at radius 3 is 1.22 bits per heavy atom. The summed E-state index contributed by atoms with van der Waals surface area (Å²) < 4.78 is 0. The van der Waals surface area contributed by atoms with Gasteiger partial charge in [0.1, 0.15) is 0 Å². The third kappa shape index (κ3) is 5.94. The summed E-state index contributed by atoms with van der Waals surface area (Å²) >= 11 is 0. The molecule has 3 heteroatoms. The summed E-state index contributed by atoms with van der Waals surface area (Å²) in [5, 5.41) is 2.48. The summed E-state index contributed by atoms with van der Waals surface area (Å²) in [4.78, 5) is 10.6. The first-order valence-corrected chi connectivity index (χ1v) is 12.6. The molecule has 2 nitrogen and oxygen atoms in total. The van der Waals surface area contributed by atoms with Gasteiger partial charge >= 0.3 is 0 Å². The van der Waals surface area contributed by atoms with E-state index in [9.17, 15) is 0 Å². The van der Waals surface area contributed by atoms with Gasteiger partial charge in [0.25, 0.3) is 0 Å². The Morgan fingerprint density at radius 1 is 0.568 bits per heavy atom. The zero-order valence-electron chi connectivity index (χ0n) is 23.7. The normalized spacial score (nSPS) is 13.7. The standard InChI is InChI=1S/C30H28N2.C3H8.CH3.Ni/c1-17-13-19(3)27(20(4)14-17)31-29-24-11-7-9-23-10-8-12-25(26(23)24)30(29)32-28-21(5)15-18(2)16-22(28)6;1-3-2;;/h7-16H,1-6H3;3H2,1-2H3;1H3;/q;;-1;. The van der Waals surface area contributed by atoms with Gasteiger partial charge < -0.3 is 7.43 Å². The van der Waals surface area contributed by atoms with Gasteiger partial charge in [0.2, 0.25) is 0 Å². The van der Waals surface area contributed by atoms with Crippen LogP contribution >= 0.6 is 0 Å². The quantitative estimate of drug-likeness (QED) is 0.181. The van der Waals surface area contributed by atoms with E-state index >= 15 is 0 Å². The van der Waals surface area contributed by atoms with Crippen molar-refractivity contribution in [2.24, 2.45) is 9.98 Å². The minimum absolute atomic E-state index is 0. The van der Waals surface area contributed by atoms with E-state index in [2.05, 4.69) is 116 Å². The van der Waals surface area contributed by atoms with Crippen LogP contribution in [0.4, 0.5) is 11.4 Å². The molecule has 0 atom stereocenters. The molecule has 0 amide bonds. The van der Waals surface area contributed by atoms with Gasteiger partial charge in [-0.25, -0.2) is 9.98 Å². The summed E-state index contributed by atoms with van der Waals surface area (Å²) in [6.07, 6.45) is 1.25. The fourth-order valence-electron chi connectivity index (χ4n) is 5.14. The SMILES string of the molecule is CCC.Cc1cc(C)c(N=C2C(=Nc3c(C)cc(C)cc3C)c3cccc4cccc2c34)c(C)c1.[CH3-].[Ni]. The topological polar surface area (TPSA) is 24.7 Å². The summed E-state index contributed by atoms with van der Waals surface area (Å²) in [7, 11) is 0. The van der Waals surface area contributed by atoms with Crippen LogP contribution in [0, 0.1) is 49.0 Å². The molecule has 0 aliphatic heterocycles. The number of hydrogen-bond donors (Lipinski definition) is 0. The third-order valence-electron chi connectivity index (χ3n) is 6.36. The summed E-state index contributed by atoms with van der Waals surface area (Å²) in [6, 6.07) is 21.8. The van der Waals surface area contributed by atoms with Crippen LogP contribution in [0.1, 0.15) is 64.8 Å². The van der Waals surface area contributed by atoms with Gasteiger partial charge in [-0.3, -0.25) is 0 Å². The van der Waals surface area contributed by atoms with Gasteiger partial charge in [0.15, 0.2) is 0 Å². The van der Waals surface area contributed by atoms with Crippen molar-refractivity contribution in [3.63, 3.8) is 0 Å². The molecule has 0 spiro atoms. The number of aliphatic imine (C=N–C) groups is 2. The predicted molar refractivity (Wildman–Crippen MR) is 160 cm³/mol. The molecule has 4 aromatic carbocycles. The molecule has 0 N–H and O–H groups in total. The van der Waals surface area contributed by atoms with E-state index < -0.39 is 0 Å². The summed E-state index contributed by atoms with van der Waals surface area (Å²) in [5.74, 6) is 0. The number of benzene rings is 4. The van der Waals surface area contributed by atoms with Crippen molar-refractivity contribution in [1.82, 2.24) is 0 Å². The van der Waals surface area contributed by atoms with E-state index in [-0.39, 0.29) is 23.9 Å². The Hall–Kier alpha value is -3.03. The molecule has 5 rings (SSSR count). The molecule has 0 saturated heterocycles. The maximum atomic E-state index is 5.28. The van der Waals surface area contributed by atoms with Crippen molar-refractivity contribution >= 4 is 33.6 Å². The second kappa shape index (κ2) is 12.5. The Bertz CT molecular complexity index is 1340. The van der Waals surface area contributed by atoms with Gasteiger partial charge in [-0.2, -0.15) is 0 Å². The maximum Gasteiger partial charge on any atom is 0.0979 e. The molecule has 0 unspecified atom stereocenters. The molecule has 0 heterocycles. The number of aryl methyl sites for hydroxylation is 6. The minimum Gasteiger partial charge on any atom is -0.358 e. The molecule has 37 heavy (non-hydrogen) atoms. The van der Waals surface area contributed by atoms with Crippen molar-refractivity contribution in [3.05, 3.63) is 113 Å². The second-order valence-corrected chi connectivity index (χ2v) is 9.83. The first-order chi connectivity index (χ1) is 16.7. The van der Waals surface area contributed by atoms with Crippen LogP contribution in [0.3, 0.4) is 0 Å². The van der Waals surface area contributed by atoms with Gasteiger partial charge in [-0.05, 0) is 69.2 Å². The van der Waals surface area contributed by atoms with Crippen molar-refractivity contribution in [2.45, 2.75) is 61.8 Å². The van der Waals surface area contributed by atoms with Crippen LogP contribution in [0.15, 0.2) is 70.6 Å². The third-order valence-corrected chi connectivity index (χ3v) is 6.36. The van der Waals surface area contributed by atoms with Crippen molar-refractivity contribution in [1.29, 1.82) is 0 Å². The van der Waals surface area contributed by atoms with E-state index in [1.807, 2.05) is 0 Å². The molecule has 4 aromatic rings. The van der Waals surface area contributed by atoms with Gasteiger partial charge in [-0.15, -0.1) is 0 Å². The van der Waals surface area contributed by atoms with E-state index in [1.165, 1.54) is 61.7 Å². The predicted octanol–water partition coefficient (Wildman–Crippen LogP) is 9.81. The smallest absolute Gasteiger partial charge is 0.0979 e. The Labute approximate surface area is 233 Å². The Morgan fingerprint density at radius 2 is 0.892 bits per heavy atom. The second-order valence-electron chi connectivity index (χ2n) is 9.83. The monoisotopic (exact) mass is 533 g/mol. The molecular formula is C34H39N2Ni-. The molecule has 196 valence electrons. The number of hydrogen-bond acceptors (Lipinski definition) is 2. The van der Waals surface area contributed by atoms with Gasteiger partial charge in [0.05, 0.1) is 22.8 Å².